The van der Waals surface area contributed by atoms with E-state index >= 15 is 0 Å². The summed E-state index contributed by atoms with van der Waals surface area (Å²) in [4.78, 5) is 11.5. The topological polar surface area (TPSA) is 62.1 Å². The number of rotatable bonds is 2. The van der Waals surface area contributed by atoms with Crippen LogP contribution in [0.15, 0.2) is 42.5 Å². The number of benzene rings is 2. The maximum atomic E-state index is 13.7. The van der Waals surface area contributed by atoms with E-state index in [9.17, 15) is 13.6 Å². The number of halogens is 2. The number of nitriles is 1. The highest BCUT2D eigenvalue weighted by molar-refractivity contribution is 5.86. The van der Waals surface area contributed by atoms with Crippen LogP contribution in [0.5, 0.6) is 5.75 Å². The quantitative estimate of drug-likeness (QED) is 0.912. The smallest absolute Gasteiger partial charge is 0.410 e. The van der Waals surface area contributed by atoms with Crippen molar-refractivity contribution in [3.05, 3.63) is 59.7 Å². The Morgan fingerprint density at radius 2 is 1.85 bits per heavy atom. The Hall–Kier alpha value is -2.94. The molecule has 0 aliphatic heterocycles. The van der Waals surface area contributed by atoms with Gasteiger partial charge in [-0.2, -0.15) is 5.26 Å². The summed E-state index contributed by atoms with van der Waals surface area (Å²) in [6.07, 6.45) is -0.939. The van der Waals surface area contributed by atoms with Crippen molar-refractivity contribution in [2.75, 3.05) is 5.32 Å². The van der Waals surface area contributed by atoms with Crippen molar-refractivity contribution < 1.29 is 18.3 Å². The van der Waals surface area contributed by atoms with Gasteiger partial charge in [0, 0.05) is 0 Å². The second-order valence-electron chi connectivity index (χ2n) is 3.72. The number of nitrogens with zero attached hydrogens (tertiary/aromatic N) is 1. The van der Waals surface area contributed by atoms with Gasteiger partial charge in [0.1, 0.15) is 23.2 Å². The van der Waals surface area contributed by atoms with Gasteiger partial charge in [0.15, 0.2) is 5.82 Å². The molecule has 2 aromatic rings. The molecule has 0 atom stereocenters. The number of carbonyl (C=O) groups excluding carboxylic acids is 1. The van der Waals surface area contributed by atoms with Crippen molar-refractivity contribution in [1.82, 2.24) is 0 Å². The van der Waals surface area contributed by atoms with Crippen LogP contribution in [0.25, 0.3) is 0 Å². The number of hydrogen-bond acceptors (Lipinski definition) is 3. The fraction of sp³-hybridized carbons (Fsp3) is 0. The summed E-state index contributed by atoms with van der Waals surface area (Å²) in [5, 5.41) is 10.7. The lowest BCUT2D eigenvalue weighted by Gasteiger charge is -2.08. The fourth-order valence-electron chi connectivity index (χ4n) is 1.48. The van der Waals surface area contributed by atoms with E-state index in [-0.39, 0.29) is 11.4 Å². The van der Waals surface area contributed by atoms with Crippen molar-refractivity contribution in [3.8, 4) is 11.8 Å². The maximum absolute atomic E-state index is 13.7. The molecule has 1 amide bonds. The molecular weight excluding hydrogens is 266 g/mol. The highest BCUT2D eigenvalue weighted by atomic mass is 19.1. The van der Waals surface area contributed by atoms with E-state index in [1.807, 2.05) is 0 Å². The van der Waals surface area contributed by atoms with E-state index in [0.29, 0.717) is 0 Å². The highest BCUT2D eigenvalue weighted by Crippen LogP contribution is 2.21. The molecular formula is C14H8F2N2O2. The largest absolute Gasteiger partial charge is 0.417 e. The van der Waals surface area contributed by atoms with Gasteiger partial charge >= 0.3 is 6.09 Å². The van der Waals surface area contributed by atoms with Crippen LogP contribution in [-0.4, -0.2) is 6.09 Å². The molecule has 6 heteroatoms. The first kappa shape index (κ1) is 13.5. The molecule has 0 bridgehead atoms. The van der Waals surface area contributed by atoms with Crippen molar-refractivity contribution >= 4 is 11.8 Å². The zero-order valence-electron chi connectivity index (χ0n) is 10.1. The summed E-state index contributed by atoms with van der Waals surface area (Å²) < 4.78 is 31.7. The second-order valence-corrected chi connectivity index (χ2v) is 3.72. The summed E-state index contributed by atoms with van der Waals surface area (Å²) in [5.74, 6) is -1.86. The zero-order valence-corrected chi connectivity index (χ0v) is 10.1. The van der Waals surface area contributed by atoms with E-state index < -0.39 is 23.3 Å². The Morgan fingerprint density at radius 3 is 2.50 bits per heavy atom. The Labute approximate surface area is 113 Å². The number of para-hydroxylation sites is 1. The third kappa shape index (κ3) is 2.90. The number of ether oxygens (including phenoxy) is 1. The highest BCUT2D eigenvalue weighted by Gasteiger charge is 2.15. The average Bonchev–Trinajstić information content (AvgIpc) is 2.44. The van der Waals surface area contributed by atoms with Gasteiger partial charge in [0.05, 0.1) is 5.69 Å². The van der Waals surface area contributed by atoms with E-state index in [1.54, 1.807) is 30.3 Å². The van der Waals surface area contributed by atoms with E-state index in [4.69, 9.17) is 10.00 Å². The van der Waals surface area contributed by atoms with Gasteiger partial charge < -0.3 is 4.74 Å². The molecule has 100 valence electrons. The van der Waals surface area contributed by atoms with E-state index in [0.717, 1.165) is 12.1 Å². The first-order chi connectivity index (χ1) is 9.61. The third-order valence-electron chi connectivity index (χ3n) is 2.39. The van der Waals surface area contributed by atoms with Gasteiger partial charge in [-0.05, 0) is 24.3 Å². The van der Waals surface area contributed by atoms with Crippen LogP contribution in [-0.2, 0) is 0 Å². The number of carbonyl (C=O) groups is 1. The zero-order chi connectivity index (χ0) is 14.5. The van der Waals surface area contributed by atoms with Gasteiger partial charge in [-0.3, -0.25) is 5.32 Å². The lowest BCUT2D eigenvalue weighted by Crippen LogP contribution is -2.18. The molecule has 0 aliphatic carbocycles. The van der Waals surface area contributed by atoms with Crippen molar-refractivity contribution in [3.63, 3.8) is 0 Å². The minimum absolute atomic E-state index is 0.271. The molecule has 0 unspecified atom stereocenters. The summed E-state index contributed by atoms with van der Waals surface area (Å²) in [5.41, 5.74) is -1.09. The summed E-state index contributed by atoms with van der Waals surface area (Å²) >= 11 is 0. The standard InChI is InChI=1S/C14H8F2N2O2/c15-11-6-7-12(13(16)10(11)8-17)18-14(19)20-9-4-2-1-3-5-9/h1-7H,(H,18,19). The Kier molecular flexibility index (Phi) is 3.91. The van der Waals surface area contributed by atoms with Crippen molar-refractivity contribution in [2.45, 2.75) is 0 Å². The molecule has 20 heavy (non-hydrogen) atoms. The van der Waals surface area contributed by atoms with E-state index in [2.05, 4.69) is 5.32 Å². The van der Waals surface area contributed by atoms with E-state index in [1.165, 1.54) is 6.07 Å². The van der Waals surface area contributed by atoms with Crippen LogP contribution < -0.4 is 10.1 Å². The molecule has 0 aromatic heterocycles. The van der Waals surface area contributed by atoms with Crippen LogP contribution in [0.3, 0.4) is 0 Å². The fourth-order valence-corrected chi connectivity index (χ4v) is 1.48. The van der Waals surface area contributed by atoms with Crippen LogP contribution in [0.2, 0.25) is 0 Å². The molecule has 4 nitrogen and oxygen atoms in total. The molecule has 0 spiro atoms. The predicted octanol–water partition coefficient (Wildman–Crippen LogP) is 3.45. The number of amides is 1. The minimum Gasteiger partial charge on any atom is -0.410 e. The Bertz CT molecular complexity index is 682. The molecule has 0 fully saturated rings. The van der Waals surface area contributed by atoms with Crippen LogP contribution in [0, 0.1) is 23.0 Å². The maximum Gasteiger partial charge on any atom is 0.417 e. The number of anilines is 1. The first-order valence-electron chi connectivity index (χ1n) is 5.54. The van der Waals surface area contributed by atoms with Crippen LogP contribution >= 0.6 is 0 Å². The molecule has 0 radical (unpaired) electrons. The Balaban J connectivity index is 2.15. The van der Waals surface area contributed by atoms with Gasteiger partial charge in [-0.1, -0.05) is 18.2 Å². The minimum atomic E-state index is -1.14. The van der Waals surface area contributed by atoms with Gasteiger partial charge in [0.2, 0.25) is 0 Å². The SMILES string of the molecule is N#Cc1c(F)ccc(NC(=O)Oc2ccccc2)c1F. The van der Waals surface area contributed by atoms with Crippen molar-refractivity contribution in [1.29, 1.82) is 5.26 Å². The van der Waals surface area contributed by atoms with Gasteiger partial charge in [-0.15, -0.1) is 0 Å². The Morgan fingerprint density at radius 1 is 1.15 bits per heavy atom. The monoisotopic (exact) mass is 274 g/mol. The third-order valence-corrected chi connectivity index (χ3v) is 2.39. The molecule has 0 saturated carbocycles. The van der Waals surface area contributed by atoms with Gasteiger partial charge in [0.25, 0.3) is 0 Å². The lowest BCUT2D eigenvalue weighted by atomic mass is 10.2. The molecule has 1 N–H and O–H groups in total. The first-order valence-corrected chi connectivity index (χ1v) is 5.54. The second kappa shape index (κ2) is 5.80. The summed E-state index contributed by atoms with van der Waals surface area (Å²) in [7, 11) is 0. The molecule has 0 saturated heterocycles. The average molecular weight is 274 g/mol. The summed E-state index contributed by atoms with van der Waals surface area (Å²) in [6.45, 7) is 0. The van der Waals surface area contributed by atoms with Gasteiger partial charge in [-0.25, -0.2) is 13.6 Å². The predicted molar refractivity (Wildman–Crippen MR) is 67.2 cm³/mol. The number of nitrogens with one attached hydrogen (secondary N) is 1. The molecule has 0 heterocycles. The molecule has 2 aromatic carbocycles. The number of hydrogen-bond donors (Lipinski definition) is 1. The summed E-state index contributed by atoms with van der Waals surface area (Å²) in [6, 6.07) is 11.4. The molecule has 2 rings (SSSR count). The normalized spacial score (nSPS) is 9.65. The van der Waals surface area contributed by atoms with Crippen molar-refractivity contribution in [2.24, 2.45) is 0 Å². The van der Waals surface area contributed by atoms with Crippen LogP contribution in [0.1, 0.15) is 5.56 Å². The lowest BCUT2D eigenvalue weighted by molar-refractivity contribution is 0.215. The van der Waals surface area contributed by atoms with Crippen LogP contribution in [0.4, 0.5) is 19.3 Å². The molecule has 0 aliphatic rings.